The normalized spacial score (nSPS) is 21.2. The van der Waals surface area contributed by atoms with Crippen molar-refractivity contribution in [1.82, 2.24) is 10.2 Å². The molecule has 1 aromatic heterocycles. The average Bonchev–Trinajstić information content (AvgIpc) is 2.73. The quantitative estimate of drug-likeness (QED) is 0.850. The second-order valence-electron chi connectivity index (χ2n) is 6.17. The van der Waals surface area contributed by atoms with Gasteiger partial charge in [-0.05, 0) is 70.3 Å². The first-order valence-corrected chi connectivity index (χ1v) is 8.65. The molecule has 2 aliphatic rings. The third-order valence-electron chi connectivity index (χ3n) is 4.52. The van der Waals surface area contributed by atoms with Crippen LogP contribution in [-0.2, 0) is 12.8 Å². The van der Waals surface area contributed by atoms with Gasteiger partial charge in [-0.25, -0.2) is 0 Å². The molecule has 1 amide bonds. The number of thiophene rings is 1. The Morgan fingerprint density at radius 1 is 1.25 bits per heavy atom. The van der Waals surface area contributed by atoms with Crippen LogP contribution >= 0.6 is 11.3 Å². The van der Waals surface area contributed by atoms with Gasteiger partial charge in [0.05, 0.1) is 4.88 Å². The van der Waals surface area contributed by atoms with Gasteiger partial charge in [-0.3, -0.25) is 4.79 Å². The molecule has 0 spiro atoms. The molecule has 0 bridgehead atoms. The number of hydrogen-bond acceptors (Lipinski definition) is 3. The van der Waals surface area contributed by atoms with E-state index in [4.69, 9.17) is 0 Å². The molecular weight excluding hydrogens is 268 g/mol. The first-order chi connectivity index (χ1) is 9.72. The second kappa shape index (κ2) is 6.27. The van der Waals surface area contributed by atoms with Crippen molar-refractivity contribution in [2.24, 2.45) is 0 Å². The summed E-state index contributed by atoms with van der Waals surface area (Å²) in [5.74, 6) is 0.151. The van der Waals surface area contributed by atoms with E-state index in [-0.39, 0.29) is 5.91 Å². The minimum Gasteiger partial charge on any atom is -0.349 e. The first-order valence-electron chi connectivity index (χ1n) is 7.83. The van der Waals surface area contributed by atoms with E-state index in [1.54, 1.807) is 11.3 Å². The van der Waals surface area contributed by atoms with Crippen molar-refractivity contribution in [1.29, 1.82) is 0 Å². The van der Waals surface area contributed by atoms with E-state index in [0.29, 0.717) is 6.04 Å². The van der Waals surface area contributed by atoms with Crippen molar-refractivity contribution in [2.45, 2.75) is 51.0 Å². The van der Waals surface area contributed by atoms with Crippen molar-refractivity contribution in [3.63, 3.8) is 0 Å². The van der Waals surface area contributed by atoms with Crippen LogP contribution in [0.5, 0.6) is 0 Å². The highest BCUT2D eigenvalue weighted by atomic mass is 32.1. The number of hydrogen-bond donors (Lipinski definition) is 1. The van der Waals surface area contributed by atoms with E-state index in [0.717, 1.165) is 37.2 Å². The van der Waals surface area contributed by atoms with Crippen molar-refractivity contribution in [2.75, 3.05) is 20.1 Å². The lowest BCUT2D eigenvalue weighted by molar-refractivity contribution is 0.0921. The van der Waals surface area contributed by atoms with Gasteiger partial charge in [0.2, 0.25) is 0 Å². The summed E-state index contributed by atoms with van der Waals surface area (Å²) in [5.41, 5.74) is 1.43. The minimum atomic E-state index is 0.151. The molecule has 3 nitrogen and oxygen atoms in total. The molecule has 0 unspecified atom stereocenters. The summed E-state index contributed by atoms with van der Waals surface area (Å²) >= 11 is 1.72. The maximum Gasteiger partial charge on any atom is 0.261 e. The third-order valence-corrected chi connectivity index (χ3v) is 5.76. The number of fused-ring (bicyclic) bond motifs is 1. The van der Waals surface area contributed by atoms with E-state index in [9.17, 15) is 4.79 Å². The molecule has 20 heavy (non-hydrogen) atoms. The Morgan fingerprint density at radius 2 is 2.00 bits per heavy atom. The van der Waals surface area contributed by atoms with Gasteiger partial charge in [-0.1, -0.05) is 6.42 Å². The Morgan fingerprint density at radius 3 is 2.80 bits per heavy atom. The predicted molar refractivity (Wildman–Crippen MR) is 83.6 cm³/mol. The van der Waals surface area contributed by atoms with Crippen LogP contribution in [0.15, 0.2) is 6.07 Å². The molecule has 4 heteroatoms. The van der Waals surface area contributed by atoms with Gasteiger partial charge in [0.25, 0.3) is 5.91 Å². The van der Waals surface area contributed by atoms with Gasteiger partial charge < -0.3 is 10.2 Å². The van der Waals surface area contributed by atoms with Crippen LogP contribution in [0.3, 0.4) is 0 Å². The predicted octanol–water partition coefficient (Wildman–Crippen LogP) is 2.84. The first kappa shape index (κ1) is 14.1. The number of likely N-dealkylation sites (tertiary alicyclic amines) is 1. The molecule has 0 aromatic carbocycles. The maximum atomic E-state index is 12.4. The molecule has 2 heterocycles. The molecule has 1 aromatic rings. The number of rotatable bonds is 2. The molecule has 1 aliphatic heterocycles. The molecule has 1 saturated heterocycles. The molecule has 1 fully saturated rings. The van der Waals surface area contributed by atoms with E-state index in [2.05, 4.69) is 23.3 Å². The van der Waals surface area contributed by atoms with Crippen LogP contribution in [-0.4, -0.2) is 37.0 Å². The van der Waals surface area contributed by atoms with E-state index < -0.39 is 0 Å². The summed E-state index contributed by atoms with van der Waals surface area (Å²) in [7, 11) is 2.15. The van der Waals surface area contributed by atoms with E-state index in [1.165, 1.54) is 36.1 Å². The van der Waals surface area contributed by atoms with Crippen LogP contribution in [0, 0.1) is 0 Å². The largest absolute Gasteiger partial charge is 0.349 e. The number of nitrogens with zero attached hydrogens (tertiary/aromatic N) is 1. The molecule has 3 rings (SSSR count). The highest BCUT2D eigenvalue weighted by Crippen LogP contribution is 2.29. The molecule has 0 saturated carbocycles. The summed E-state index contributed by atoms with van der Waals surface area (Å²) in [5, 5.41) is 3.23. The van der Waals surface area contributed by atoms with Crippen LogP contribution in [0.25, 0.3) is 0 Å². The lowest BCUT2D eigenvalue weighted by Crippen LogP contribution is -2.43. The standard InChI is InChI=1S/C16H24N2OS/c1-18-9-7-13(8-10-18)17-16(19)15-11-12-5-3-2-4-6-14(12)20-15/h11,13H,2-10H2,1H3,(H,17,19). The summed E-state index contributed by atoms with van der Waals surface area (Å²) in [6.07, 6.45) is 8.37. The number of carbonyl (C=O) groups is 1. The highest BCUT2D eigenvalue weighted by Gasteiger charge is 2.21. The molecule has 1 N–H and O–H groups in total. The molecule has 1 aliphatic carbocycles. The van der Waals surface area contributed by atoms with E-state index in [1.807, 2.05) is 0 Å². The van der Waals surface area contributed by atoms with Gasteiger partial charge in [0.15, 0.2) is 0 Å². The lowest BCUT2D eigenvalue weighted by Gasteiger charge is -2.29. The summed E-state index contributed by atoms with van der Waals surface area (Å²) in [6.45, 7) is 2.18. The van der Waals surface area contributed by atoms with Crippen molar-refractivity contribution < 1.29 is 4.79 Å². The van der Waals surface area contributed by atoms with Gasteiger partial charge in [0.1, 0.15) is 0 Å². The monoisotopic (exact) mass is 292 g/mol. The highest BCUT2D eigenvalue weighted by molar-refractivity contribution is 7.14. The Balaban J connectivity index is 1.62. The average molecular weight is 292 g/mol. The molecular formula is C16H24N2OS. The van der Waals surface area contributed by atoms with Gasteiger partial charge in [0, 0.05) is 10.9 Å². The lowest BCUT2D eigenvalue weighted by atomic mass is 10.1. The van der Waals surface area contributed by atoms with Gasteiger partial charge >= 0.3 is 0 Å². The third kappa shape index (κ3) is 3.23. The fraction of sp³-hybridized carbons (Fsp3) is 0.688. The van der Waals surface area contributed by atoms with Crippen LogP contribution in [0.2, 0.25) is 0 Å². The van der Waals surface area contributed by atoms with E-state index >= 15 is 0 Å². The van der Waals surface area contributed by atoms with Crippen molar-refractivity contribution in [3.8, 4) is 0 Å². The second-order valence-corrected chi connectivity index (χ2v) is 7.31. The zero-order chi connectivity index (χ0) is 13.9. The maximum absolute atomic E-state index is 12.4. The van der Waals surface area contributed by atoms with Crippen molar-refractivity contribution in [3.05, 3.63) is 21.4 Å². The topological polar surface area (TPSA) is 32.3 Å². The number of aryl methyl sites for hydroxylation is 2. The van der Waals surface area contributed by atoms with Crippen molar-refractivity contribution >= 4 is 17.2 Å². The molecule has 0 radical (unpaired) electrons. The SMILES string of the molecule is CN1CCC(NC(=O)c2cc3c(s2)CCCCC3)CC1. The number of nitrogens with one attached hydrogen (secondary N) is 1. The minimum absolute atomic E-state index is 0.151. The fourth-order valence-electron chi connectivity index (χ4n) is 3.19. The van der Waals surface area contributed by atoms with Crippen LogP contribution in [0.1, 0.15) is 52.2 Å². The van der Waals surface area contributed by atoms with Gasteiger partial charge in [-0.15, -0.1) is 11.3 Å². The Bertz CT molecular complexity index is 451. The molecule has 110 valence electrons. The Labute approximate surface area is 125 Å². The summed E-state index contributed by atoms with van der Waals surface area (Å²) < 4.78 is 0. The number of amides is 1. The summed E-state index contributed by atoms with van der Waals surface area (Å²) in [6, 6.07) is 2.51. The van der Waals surface area contributed by atoms with Crippen LogP contribution in [0.4, 0.5) is 0 Å². The summed E-state index contributed by atoms with van der Waals surface area (Å²) in [4.78, 5) is 17.1. The Kier molecular flexibility index (Phi) is 4.41. The zero-order valence-electron chi connectivity index (χ0n) is 12.3. The number of carbonyl (C=O) groups excluding carboxylic acids is 1. The number of piperidine rings is 1. The Hall–Kier alpha value is -0.870. The van der Waals surface area contributed by atoms with Gasteiger partial charge in [-0.2, -0.15) is 0 Å². The molecule has 0 atom stereocenters. The zero-order valence-corrected chi connectivity index (χ0v) is 13.1. The van der Waals surface area contributed by atoms with Crippen LogP contribution < -0.4 is 5.32 Å². The smallest absolute Gasteiger partial charge is 0.261 e. The fourth-order valence-corrected chi connectivity index (χ4v) is 4.35.